The maximum Gasteiger partial charge on any atom is 0.265 e. The minimum Gasteiger partial charge on any atom is -0.268 e. The molecule has 0 atom stereocenters. The van der Waals surface area contributed by atoms with Gasteiger partial charge >= 0.3 is 0 Å². The quantitative estimate of drug-likeness (QED) is 0.597. The number of sulfonamides is 1. The fourth-order valence-electron chi connectivity index (χ4n) is 2.99. The van der Waals surface area contributed by atoms with Gasteiger partial charge in [-0.15, -0.1) is 0 Å². The molecule has 0 fully saturated rings. The molecular formula is C21H15NO3S. The Labute approximate surface area is 151 Å². The number of rotatable bonds is 3. The standard InChI is InChI=1S/C21H15NO3S/c23-21(20-11-5-9-16-7-3-4-10-19(16)20)22-26(24,25)18-13-12-15-6-1-2-8-17(15)14-18/h1-14H,(H,22,23). The molecule has 1 amide bonds. The molecule has 0 unspecified atom stereocenters. The lowest BCUT2D eigenvalue weighted by Crippen LogP contribution is -2.30. The second-order valence-corrected chi connectivity index (χ2v) is 7.65. The fraction of sp³-hybridized carbons (Fsp3) is 0. The summed E-state index contributed by atoms with van der Waals surface area (Å²) in [6.07, 6.45) is 0. The Balaban J connectivity index is 1.71. The molecule has 4 nitrogen and oxygen atoms in total. The SMILES string of the molecule is O=C(NS(=O)(=O)c1ccc2ccccc2c1)c1cccc2ccccc12. The monoisotopic (exact) mass is 361 g/mol. The lowest BCUT2D eigenvalue weighted by molar-refractivity contribution is 0.0983. The Hall–Kier alpha value is -3.18. The molecule has 0 saturated carbocycles. The van der Waals surface area contributed by atoms with E-state index in [4.69, 9.17) is 0 Å². The average Bonchev–Trinajstić information content (AvgIpc) is 2.66. The zero-order chi connectivity index (χ0) is 18.1. The van der Waals surface area contributed by atoms with Crippen molar-refractivity contribution < 1.29 is 13.2 Å². The Bertz CT molecular complexity index is 1240. The molecule has 128 valence electrons. The van der Waals surface area contributed by atoms with E-state index >= 15 is 0 Å². The topological polar surface area (TPSA) is 63.2 Å². The molecule has 0 aromatic heterocycles. The predicted octanol–water partition coefficient (Wildman–Crippen LogP) is 4.11. The van der Waals surface area contributed by atoms with Crippen molar-refractivity contribution in [3.8, 4) is 0 Å². The van der Waals surface area contributed by atoms with E-state index in [0.29, 0.717) is 10.9 Å². The molecule has 0 aliphatic rings. The zero-order valence-corrected chi connectivity index (χ0v) is 14.5. The predicted molar refractivity (Wildman–Crippen MR) is 103 cm³/mol. The van der Waals surface area contributed by atoms with Gasteiger partial charge in [0, 0.05) is 5.56 Å². The van der Waals surface area contributed by atoms with Crippen molar-refractivity contribution in [2.45, 2.75) is 4.90 Å². The third kappa shape index (κ3) is 2.93. The maximum absolute atomic E-state index is 12.7. The van der Waals surface area contributed by atoms with Gasteiger partial charge in [0.25, 0.3) is 15.9 Å². The zero-order valence-electron chi connectivity index (χ0n) is 13.7. The first-order valence-corrected chi connectivity index (χ1v) is 9.57. The van der Waals surface area contributed by atoms with Crippen LogP contribution in [0.25, 0.3) is 21.5 Å². The summed E-state index contributed by atoms with van der Waals surface area (Å²) in [7, 11) is -3.97. The van der Waals surface area contributed by atoms with Crippen LogP contribution < -0.4 is 4.72 Å². The summed E-state index contributed by atoms with van der Waals surface area (Å²) < 4.78 is 27.5. The van der Waals surface area contributed by atoms with Gasteiger partial charge in [-0.3, -0.25) is 4.79 Å². The van der Waals surface area contributed by atoms with Gasteiger partial charge in [0.1, 0.15) is 0 Å². The molecule has 0 saturated heterocycles. The molecule has 0 aliphatic carbocycles. The third-order valence-electron chi connectivity index (χ3n) is 4.29. The van der Waals surface area contributed by atoms with E-state index in [-0.39, 0.29) is 4.90 Å². The summed E-state index contributed by atoms with van der Waals surface area (Å²) in [6, 6.07) is 24.9. The van der Waals surface area contributed by atoms with Crippen molar-refractivity contribution >= 4 is 37.5 Å². The van der Waals surface area contributed by atoms with Gasteiger partial charge in [-0.1, -0.05) is 66.7 Å². The van der Waals surface area contributed by atoms with Crippen molar-refractivity contribution in [3.63, 3.8) is 0 Å². The molecule has 0 heterocycles. The summed E-state index contributed by atoms with van der Waals surface area (Å²) in [5, 5.41) is 3.32. The van der Waals surface area contributed by atoms with Gasteiger partial charge in [0.05, 0.1) is 4.90 Å². The largest absolute Gasteiger partial charge is 0.268 e. The minimum absolute atomic E-state index is 0.0600. The van der Waals surface area contributed by atoms with E-state index in [1.807, 2.05) is 48.5 Å². The second-order valence-electron chi connectivity index (χ2n) is 5.97. The number of nitrogens with one attached hydrogen (secondary N) is 1. The molecule has 26 heavy (non-hydrogen) atoms. The van der Waals surface area contributed by atoms with Gasteiger partial charge in [-0.05, 0) is 39.7 Å². The summed E-state index contributed by atoms with van der Waals surface area (Å²) >= 11 is 0. The smallest absolute Gasteiger partial charge is 0.265 e. The van der Waals surface area contributed by atoms with E-state index in [9.17, 15) is 13.2 Å². The fourth-order valence-corrected chi connectivity index (χ4v) is 4.00. The van der Waals surface area contributed by atoms with Crippen LogP contribution in [0, 0.1) is 0 Å². The molecule has 4 aromatic rings. The molecule has 0 aliphatic heterocycles. The van der Waals surface area contributed by atoms with Crippen LogP contribution in [0.4, 0.5) is 0 Å². The summed E-state index contributed by atoms with van der Waals surface area (Å²) in [5.41, 5.74) is 0.326. The first kappa shape index (κ1) is 16.3. The van der Waals surface area contributed by atoms with E-state index in [1.165, 1.54) is 6.07 Å². The summed E-state index contributed by atoms with van der Waals surface area (Å²) in [6.45, 7) is 0. The van der Waals surface area contributed by atoms with Gasteiger partial charge in [-0.2, -0.15) is 0 Å². The summed E-state index contributed by atoms with van der Waals surface area (Å²) in [4.78, 5) is 12.7. The Morgan fingerprint density at radius 2 is 1.35 bits per heavy atom. The molecule has 1 N–H and O–H groups in total. The highest BCUT2D eigenvalue weighted by Crippen LogP contribution is 2.21. The number of hydrogen-bond acceptors (Lipinski definition) is 3. The Morgan fingerprint density at radius 3 is 2.15 bits per heavy atom. The van der Waals surface area contributed by atoms with E-state index in [2.05, 4.69) is 4.72 Å². The van der Waals surface area contributed by atoms with Crippen LogP contribution in [-0.4, -0.2) is 14.3 Å². The number of fused-ring (bicyclic) bond motifs is 2. The number of amides is 1. The van der Waals surface area contributed by atoms with E-state index < -0.39 is 15.9 Å². The number of hydrogen-bond donors (Lipinski definition) is 1. The maximum atomic E-state index is 12.7. The molecule has 0 radical (unpaired) electrons. The lowest BCUT2D eigenvalue weighted by atomic mass is 10.0. The van der Waals surface area contributed by atoms with Crippen molar-refractivity contribution in [2.24, 2.45) is 0 Å². The average molecular weight is 361 g/mol. The highest BCUT2D eigenvalue weighted by atomic mass is 32.2. The summed E-state index contributed by atoms with van der Waals surface area (Å²) in [5.74, 6) is -0.644. The Morgan fingerprint density at radius 1 is 0.692 bits per heavy atom. The van der Waals surface area contributed by atoms with Crippen molar-refractivity contribution in [1.29, 1.82) is 0 Å². The van der Waals surface area contributed by atoms with Gasteiger partial charge in [0.2, 0.25) is 0 Å². The van der Waals surface area contributed by atoms with Crippen LogP contribution >= 0.6 is 0 Å². The number of carbonyl (C=O) groups is 1. The highest BCUT2D eigenvalue weighted by molar-refractivity contribution is 7.90. The minimum atomic E-state index is -3.97. The van der Waals surface area contributed by atoms with E-state index in [0.717, 1.165) is 16.2 Å². The van der Waals surface area contributed by atoms with E-state index in [1.54, 1.807) is 30.3 Å². The number of carbonyl (C=O) groups excluding carboxylic acids is 1. The van der Waals surface area contributed by atoms with Gasteiger partial charge in [0.15, 0.2) is 0 Å². The van der Waals surface area contributed by atoms with Crippen LogP contribution in [0.1, 0.15) is 10.4 Å². The molecule has 0 spiro atoms. The highest BCUT2D eigenvalue weighted by Gasteiger charge is 2.20. The third-order valence-corrected chi connectivity index (χ3v) is 5.62. The molecular weight excluding hydrogens is 346 g/mol. The van der Waals surface area contributed by atoms with Gasteiger partial charge < -0.3 is 0 Å². The number of benzene rings is 4. The normalized spacial score (nSPS) is 11.5. The van der Waals surface area contributed by atoms with Crippen LogP contribution in [0.5, 0.6) is 0 Å². The first-order chi connectivity index (χ1) is 12.5. The van der Waals surface area contributed by atoms with Crippen LogP contribution in [-0.2, 0) is 10.0 Å². The first-order valence-electron chi connectivity index (χ1n) is 8.08. The van der Waals surface area contributed by atoms with Crippen molar-refractivity contribution in [1.82, 2.24) is 4.72 Å². The molecule has 5 heteroatoms. The van der Waals surface area contributed by atoms with Crippen LogP contribution in [0.2, 0.25) is 0 Å². The molecule has 0 bridgehead atoms. The van der Waals surface area contributed by atoms with Crippen LogP contribution in [0.15, 0.2) is 89.8 Å². The Kier molecular flexibility index (Phi) is 3.93. The molecule has 4 rings (SSSR count). The van der Waals surface area contributed by atoms with Crippen molar-refractivity contribution in [2.75, 3.05) is 0 Å². The van der Waals surface area contributed by atoms with Gasteiger partial charge in [-0.25, -0.2) is 13.1 Å². The van der Waals surface area contributed by atoms with Crippen LogP contribution in [0.3, 0.4) is 0 Å². The molecule has 4 aromatic carbocycles. The lowest BCUT2D eigenvalue weighted by Gasteiger charge is -2.10. The second kappa shape index (κ2) is 6.28. The van der Waals surface area contributed by atoms with Crippen molar-refractivity contribution in [3.05, 3.63) is 90.5 Å².